The van der Waals surface area contributed by atoms with E-state index < -0.39 is 11.7 Å². The number of anilines is 2. The average Bonchev–Trinajstić information content (AvgIpc) is 2.84. The number of aryl methyl sites for hydroxylation is 1. The summed E-state index contributed by atoms with van der Waals surface area (Å²) >= 11 is 0. The topological polar surface area (TPSA) is 128 Å². The predicted molar refractivity (Wildman–Crippen MR) is 126 cm³/mol. The number of nitrogens with two attached hydrogens (primary N) is 1. The lowest BCUT2D eigenvalue weighted by Crippen LogP contribution is -2.41. The van der Waals surface area contributed by atoms with Crippen LogP contribution in [0.3, 0.4) is 0 Å². The van der Waals surface area contributed by atoms with Gasteiger partial charge < -0.3 is 21.1 Å². The summed E-state index contributed by atoms with van der Waals surface area (Å²) in [6.45, 7) is 0.183. The van der Waals surface area contributed by atoms with E-state index in [1.165, 1.54) is 4.57 Å². The number of ether oxygens (including phenoxy) is 1. The highest BCUT2D eigenvalue weighted by atomic mass is 16.5. The van der Waals surface area contributed by atoms with Gasteiger partial charge in [0.25, 0.3) is 5.56 Å². The Kier molecular flexibility index (Phi) is 6.58. The molecular formula is C24H27N5O4. The van der Waals surface area contributed by atoms with Gasteiger partial charge in [-0.3, -0.25) is 14.2 Å². The van der Waals surface area contributed by atoms with Crippen LogP contribution in [0.15, 0.2) is 53.5 Å². The van der Waals surface area contributed by atoms with Crippen molar-refractivity contribution in [2.75, 3.05) is 11.1 Å². The van der Waals surface area contributed by atoms with Gasteiger partial charge in [0.2, 0.25) is 5.91 Å². The molecule has 0 spiro atoms. The number of hydrogen-bond donors (Lipinski definition) is 3. The molecule has 2 unspecified atom stereocenters. The molecule has 33 heavy (non-hydrogen) atoms. The third-order valence-electron chi connectivity index (χ3n) is 6.01. The summed E-state index contributed by atoms with van der Waals surface area (Å²) in [6.07, 6.45) is 3.73. The van der Waals surface area contributed by atoms with Crippen LogP contribution in [0.25, 0.3) is 11.0 Å². The zero-order chi connectivity index (χ0) is 23.4. The highest BCUT2D eigenvalue weighted by molar-refractivity contribution is 6.01. The molecule has 9 nitrogen and oxygen atoms in total. The number of pyridine rings is 2. The van der Waals surface area contributed by atoms with Crippen LogP contribution in [0.4, 0.5) is 16.2 Å². The fourth-order valence-corrected chi connectivity index (χ4v) is 4.22. The lowest BCUT2D eigenvalue weighted by atomic mass is 9.85. The Hall–Kier alpha value is -3.88. The van der Waals surface area contributed by atoms with E-state index in [2.05, 4.69) is 15.6 Å². The molecule has 1 fully saturated rings. The van der Waals surface area contributed by atoms with Gasteiger partial charge in [-0.05, 0) is 37.0 Å². The first-order chi connectivity index (χ1) is 15.9. The summed E-state index contributed by atoms with van der Waals surface area (Å²) in [5.74, 6) is -0.641. The number of hydrogen-bond acceptors (Lipinski definition) is 6. The molecule has 0 radical (unpaired) electrons. The first kappa shape index (κ1) is 22.3. The van der Waals surface area contributed by atoms with E-state index in [4.69, 9.17) is 10.5 Å². The van der Waals surface area contributed by atoms with E-state index in [-0.39, 0.29) is 35.8 Å². The summed E-state index contributed by atoms with van der Waals surface area (Å²) in [5.41, 5.74) is 7.39. The van der Waals surface area contributed by atoms with Crippen molar-refractivity contribution in [3.63, 3.8) is 0 Å². The molecule has 3 aromatic rings. The monoisotopic (exact) mass is 449 g/mol. The summed E-state index contributed by atoms with van der Waals surface area (Å²) in [7, 11) is 1.59. The van der Waals surface area contributed by atoms with Gasteiger partial charge >= 0.3 is 6.09 Å². The van der Waals surface area contributed by atoms with Crippen LogP contribution in [0.5, 0.6) is 0 Å². The number of benzene rings is 1. The molecule has 0 bridgehead atoms. The fraction of sp³-hybridized carbons (Fsp3) is 0.333. The van der Waals surface area contributed by atoms with E-state index in [1.807, 2.05) is 30.3 Å². The van der Waals surface area contributed by atoms with E-state index in [0.717, 1.165) is 18.4 Å². The standard InChI is InChI=1S/C24H27N5O4/c1-29-21-18(11-6-12-26-21)19(25)20(23(29)31)28-22(30)16-9-5-10-17(13-16)27-24(32)33-14-15-7-3-2-4-8-15/h2-4,6-8,11-12,16-17H,5,9-10,13-14,25H2,1H3,(H,27,32)(H,28,30). The van der Waals surface area contributed by atoms with E-state index in [9.17, 15) is 14.4 Å². The van der Waals surface area contributed by atoms with E-state index >= 15 is 0 Å². The molecule has 0 saturated heterocycles. The van der Waals surface area contributed by atoms with Crippen molar-refractivity contribution >= 4 is 34.4 Å². The van der Waals surface area contributed by atoms with Crippen LogP contribution in [-0.2, 0) is 23.2 Å². The lowest BCUT2D eigenvalue weighted by molar-refractivity contribution is -0.121. The van der Waals surface area contributed by atoms with Gasteiger partial charge in [0.1, 0.15) is 17.9 Å². The Morgan fingerprint density at radius 1 is 1.18 bits per heavy atom. The van der Waals surface area contributed by atoms with Gasteiger partial charge in [-0.25, -0.2) is 9.78 Å². The molecule has 2 heterocycles. The third kappa shape index (κ3) is 4.97. The number of amides is 2. The number of fused-ring (bicyclic) bond motifs is 1. The first-order valence-corrected chi connectivity index (χ1v) is 11.0. The molecule has 1 saturated carbocycles. The van der Waals surface area contributed by atoms with Gasteiger partial charge in [-0.2, -0.15) is 0 Å². The van der Waals surface area contributed by atoms with Crippen molar-refractivity contribution in [1.82, 2.24) is 14.9 Å². The fourth-order valence-electron chi connectivity index (χ4n) is 4.22. The van der Waals surface area contributed by atoms with Crippen LogP contribution in [0.1, 0.15) is 31.2 Å². The summed E-state index contributed by atoms with van der Waals surface area (Å²) < 4.78 is 6.66. The van der Waals surface area contributed by atoms with E-state index in [0.29, 0.717) is 23.9 Å². The minimum atomic E-state index is -0.509. The maximum atomic E-state index is 13.0. The maximum Gasteiger partial charge on any atom is 0.407 e. The molecule has 2 atom stereocenters. The molecule has 1 aromatic carbocycles. The predicted octanol–water partition coefficient (Wildman–Crippen LogP) is 2.94. The molecule has 0 aliphatic heterocycles. The Bertz CT molecular complexity index is 1220. The van der Waals surface area contributed by atoms with Gasteiger partial charge in [0, 0.05) is 30.6 Å². The van der Waals surface area contributed by atoms with Crippen molar-refractivity contribution in [3.05, 3.63) is 64.6 Å². The number of rotatable bonds is 5. The Balaban J connectivity index is 1.39. The van der Waals surface area contributed by atoms with Crippen molar-refractivity contribution in [2.45, 2.75) is 38.3 Å². The molecular weight excluding hydrogens is 422 g/mol. The lowest BCUT2D eigenvalue weighted by Gasteiger charge is -2.28. The van der Waals surface area contributed by atoms with Gasteiger partial charge in [-0.15, -0.1) is 0 Å². The average molecular weight is 450 g/mol. The van der Waals surface area contributed by atoms with Crippen LogP contribution in [0, 0.1) is 5.92 Å². The Morgan fingerprint density at radius 3 is 2.76 bits per heavy atom. The zero-order valence-electron chi connectivity index (χ0n) is 18.4. The molecule has 1 aliphatic carbocycles. The number of carbonyl (C=O) groups excluding carboxylic acids is 2. The second-order valence-electron chi connectivity index (χ2n) is 8.28. The van der Waals surface area contributed by atoms with Crippen LogP contribution >= 0.6 is 0 Å². The number of nitrogen functional groups attached to an aromatic ring is 1. The molecule has 2 aromatic heterocycles. The normalized spacial score (nSPS) is 18.0. The van der Waals surface area contributed by atoms with Crippen LogP contribution in [0.2, 0.25) is 0 Å². The first-order valence-electron chi connectivity index (χ1n) is 11.0. The summed E-state index contributed by atoms with van der Waals surface area (Å²) in [6, 6.07) is 12.7. The molecule has 1 aliphatic rings. The van der Waals surface area contributed by atoms with Crippen LogP contribution < -0.4 is 21.9 Å². The van der Waals surface area contributed by atoms with Gasteiger partial charge in [0.15, 0.2) is 0 Å². The summed E-state index contributed by atoms with van der Waals surface area (Å²) in [4.78, 5) is 42.2. The minimum Gasteiger partial charge on any atom is -0.445 e. The second kappa shape index (κ2) is 9.72. The molecule has 9 heteroatoms. The van der Waals surface area contributed by atoms with Crippen molar-refractivity contribution in [1.29, 1.82) is 0 Å². The largest absolute Gasteiger partial charge is 0.445 e. The molecule has 4 rings (SSSR count). The summed E-state index contributed by atoms with van der Waals surface area (Å²) in [5, 5.41) is 6.18. The van der Waals surface area contributed by atoms with Gasteiger partial charge in [-0.1, -0.05) is 36.8 Å². The quantitative estimate of drug-likeness (QED) is 0.549. The number of alkyl carbamates (subject to hydrolysis) is 1. The smallest absolute Gasteiger partial charge is 0.407 e. The Labute approximate surface area is 191 Å². The Morgan fingerprint density at radius 2 is 1.97 bits per heavy atom. The van der Waals surface area contributed by atoms with Crippen LogP contribution in [-0.4, -0.2) is 27.6 Å². The number of nitrogens with zero attached hydrogens (tertiary/aromatic N) is 2. The maximum absolute atomic E-state index is 13.0. The number of aromatic nitrogens is 2. The molecule has 2 amide bonds. The van der Waals surface area contributed by atoms with Crippen molar-refractivity contribution in [3.8, 4) is 0 Å². The number of carbonyl (C=O) groups is 2. The number of nitrogens with one attached hydrogen (secondary N) is 2. The zero-order valence-corrected chi connectivity index (χ0v) is 18.4. The van der Waals surface area contributed by atoms with Gasteiger partial charge in [0.05, 0.1) is 5.69 Å². The highest BCUT2D eigenvalue weighted by Crippen LogP contribution is 2.28. The minimum absolute atomic E-state index is 0.0559. The highest BCUT2D eigenvalue weighted by Gasteiger charge is 2.29. The molecule has 4 N–H and O–H groups in total. The van der Waals surface area contributed by atoms with E-state index in [1.54, 1.807) is 25.4 Å². The second-order valence-corrected chi connectivity index (χ2v) is 8.28. The third-order valence-corrected chi connectivity index (χ3v) is 6.01. The van der Waals surface area contributed by atoms with Crippen molar-refractivity contribution in [2.24, 2.45) is 13.0 Å². The molecule has 172 valence electrons. The SMILES string of the molecule is Cn1c(=O)c(NC(=O)C2CCCC(NC(=O)OCc3ccccc3)C2)c(N)c2cccnc21. The van der Waals surface area contributed by atoms with Crippen molar-refractivity contribution < 1.29 is 14.3 Å².